The average Bonchev–Trinajstić information content (AvgIpc) is 1.51. The molecule has 2 unspecified atom stereocenters. The van der Waals surface area contributed by atoms with Crippen LogP contribution in [-0.4, -0.2) is 0 Å². The van der Waals surface area contributed by atoms with E-state index in [1.54, 1.807) is 16.7 Å². The molecule has 126 heavy (non-hydrogen) atoms. The van der Waals surface area contributed by atoms with Crippen LogP contribution in [0, 0.1) is 5.92 Å². The van der Waals surface area contributed by atoms with E-state index in [0.717, 1.165) is 50.3 Å². The van der Waals surface area contributed by atoms with Crippen LogP contribution in [0.2, 0.25) is 0 Å². The maximum atomic E-state index is 7.11. The molecule has 0 fully saturated rings. The van der Waals surface area contributed by atoms with Crippen molar-refractivity contribution in [2.75, 3.05) is 0 Å². The SMILES string of the molecule is CCCCCCCCC1c2ccccc2-c2ccc(-c3ccc4c(c3)oc3cc(-c5cc6c(c7ccccc57)-c5cc7c(cc5C6(C)C)-c5cc6c(cc5C7(C)C)-c5c(cc(-c7ccc8c(c7)oc7cc(-c9ccc%10c(c9)C(CCCCCCCC)(CCCCCCCC)c9ccccc9-%10)ccc78)c7ccccc57)C6(C)C)ccc34)cc2CC1CCCCCCC. The van der Waals surface area contributed by atoms with Gasteiger partial charge in [0.15, 0.2) is 0 Å². The number of hydrogen-bond acceptors (Lipinski definition) is 2. The number of benzene rings is 14. The molecule has 2 atom stereocenters. The Morgan fingerprint density at radius 1 is 0.246 bits per heavy atom. The summed E-state index contributed by atoms with van der Waals surface area (Å²) < 4.78 is 14.2. The zero-order chi connectivity index (χ0) is 85.7. The third-order valence-electron chi connectivity index (χ3n) is 32.0. The van der Waals surface area contributed by atoms with Gasteiger partial charge in [0, 0.05) is 43.2 Å². The van der Waals surface area contributed by atoms with Gasteiger partial charge in [-0.3, -0.25) is 0 Å². The Morgan fingerprint density at radius 2 is 0.603 bits per heavy atom. The molecule has 2 heteroatoms. The van der Waals surface area contributed by atoms with Gasteiger partial charge >= 0.3 is 0 Å². The van der Waals surface area contributed by atoms with Gasteiger partial charge in [-0.2, -0.15) is 0 Å². The van der Waals surface area contributed by atoms with Crippen molar-refractivity contribution >= 4 is 65.4 Å². The van der Waals surface area contributed by atoms with Crippen molar-refractivity contribution in [2.45, 2.75) is 277 Å². The van der Waals surface area contributed by atoms with Crippen molar-refractivity contribution in [2.24, 2.45) is 5.92 Å². The minimum absolute atomic E-state index is 0.0256. The third-order valence-corrected chi connectivity index (χ3v) is 32.0. The quantitative estimate of drug-likeness (QED) is 0.0405. The fourth-order valence-corrected chi connectivity index (χ4v) is 25.1. The first-order chi connectivity index (χ1) is 61.6. The first kappa shape index (κ1) is 82.2. The first-order valence-electron chi connectivity index (χ1n) is 49.5. The van der Waals surface area contributed by atoms with Crippen LogP contribution < -0.4 is 0 Å². The molecular weight excluding hydrogens is 1520 g/mol. The largest absolute Gasteiger partial charge is 0.456 e. The van der Waals surface area contributed by atoms with Crippen LogP contribution in [0.15, 0.2) is 251 Å². The topological polar surface area (TPSA) is 26.3 Å². The Labute approximate surface area is 750 Å². The molecule has 5 aliphatic carbocycles. The van der Waals surface area contributed by atoms with Crippen LogP contribution in [-0.2, 0) is 28.1 Å². The molecule has 2 heterocycles. The summed E-state index contributed by atoms with van der Waals surface area (Å²) in [4.78, 5) is 0. The predicted octanol–water partition coefficient (Wildman–Crippen LogP) is 37.2. The summed E-state index contributed by atoms with van der Waals surface area (Å²) in [6.07, 6.45) is 36.7. The summed E-state index contributed by atoms with van der Waals surface area (Å²) in [5, 5.41) is 9.80. The molecular formula is C124H128O2. The van der Waals surface area contributed by atoms with Gasteiger partial charge in [0.1, 0.15) is 22.3 Å². The smallest absolute Gasteiger partial charge is 0.136 e. The van der Waals surface area contributed by atoms with E-state index in [-0.39, 0.29) is 21.7 Å². The van der Waals surface area contributed by atoms with E-state index in [0.29, 0.717) is 11.8 Å². The number of hydrogen-bond donors (Lipinski definition) is 0. The Morgan fingerprint density at radius 3 is 1.11 bits per heavy atom. The summed E-state index contributed by atoms with van der Waals surface area (Å²) in [7, 11) is 0. The van der Waals surface area contributed by atoms with Gasteiger partial charge in [0.25, 0.3) is 0 Å². The van der Waals surface area contributed by atoms with Crippen LogP contribution in [0.5, 0.6) is 0 Å². The lowest BCUT2D eigenvalue weighted by Crippen LogP contribution is -2.25. The fraction of sp³-hybridized carbons (Fsp3) is 0.355. The summed E-state index contributed by atoms with van der Waals surface area (Å²) in [5.74, 6) is 1.23. The van der Waals surface area contributed by atoms with Gasteiger partial charge in [0.2, 0.25) is 0 Å². The van der Waals surface area contributed by atoms with E-state index in [1.165, 1.54) is 334 Å². The van der Waals surface area contributed by atoms with E-state index in [1.807, 2.05) is 0 Å². The molecule has 0 saturated carbocycles. The molecule has 0 amide bonds. The second-order valence-electron chi connectivity index (χ2n) is 40.8. The molecule has 21 rings (SSSR count). The van der Waals surface area contributed by atoms with Crippen molar-refractivity contribution in [3.05, 3.63) is 298 Å². The summed E-state index contributed by atoms with van der Waals surface area (Å²) in [6, 6.07) is 95.8. The normalized spacial score (nSPS) is 16.1. The van der Waals surface area contributed by atoms with E-state index in [9.17, 15) is 0 Å². The first-order valence-corrected chi connectivity index (χ1v) is 49.5. The van der Waals surface area contributed by atoms with Crippen LogP contribution >= 0.6 is 0 Å². The molecule has 2 aromatic heterocycles. The van der Waals surface area contributed by atoms with Gasteiger partial charge in [-0.15, -0.1) is 0 Å². The van der Waals surface area contributed by atoms with E-state index in [4.69, 9.17) is 8.83 Å². The zero-order valence-electron chi connectivity index (χ0n) is 76.9. The highest BCUT2D eigenvalue weighted by Crippen LogP contribution is 2.63. The molecule has 0 bridgehead atoms. The van der Waals surface area contributed by atoms with Crippen molar-refractivity contribution in [3.63, 3.8) is 0 Å². The Kier molecular flexibility index (Phi) is 21.8. The lowest BCUT2D eigenvalue weighted by atomic mass is 9.70. The van der Waals surface area contributed by atoms with Crippen molar-refractivity contribution in [3.8, 4) is 100 Å². The van der Waals surface area contributed by atoms with Crippen LogP contribution in [0.3, 0.4) is 0 Å². The molecule has 16 aromatic rings. The second kappa shape index (κ2) is 33.4. The minimum atomic E-state index is -0.284. The van der Waals surface area contributed by atoms with Crippen LogP contribution in [0.25, 0.3) is 166 Å². The van der Waals surface area contributed by atoms with Crippen molar-refractivity contribution < 1.29 is 8.83 Å². The monoisotopic (exact) mass is 1650 g/mol. The molecule has 5 aliphatic rings. The molecule has 14 aromatic carbocycles. The lowest BCUT2D eigenvalue weighted by molar-refractivity contribution is 0.352. The molecule has 0 N–H and O–H groups in total. The van der Waals surface area contributed by atoms with E-state index >= 15 is 0 Å². The predicted molar refractivity (Wildman–Crippen MR) is 539 cm³/mol. The standard InChI is InChI=1S/C124H128O2/c1-11-15-19-23-27-31-43-87-83(42-30-26-22-18-14-4)67-86-66-79(52-58-88(86)90-45-33-32-44-89(87)90)81-54-60-95-97-62-56-84(71-117(97)125-115(95)69-81)101-73-113-119(99-49-36-34-46-91(99)101)105-77-108-103(75-110(105)122(113,7)8)104-76-111-106(78-109(104)121(108,5)6)120-100-50-37-35-47-92(100)102(74-114(120)123(111,9)10)85-57-63-98-96-61-55-82(70-116(96)126-118(98)72-85)80-53-59-94-93-48-38-39-51-107(93)124(112(94)68-80,64-40-28-24-20-16-12-2)65-41-29-25-21-17-13-3/h32-39,44-63,66,68-78,83,87H,11-31,40-43,64-65,67H2,1-10H3. The van der Waals surface area contributed by atoms with E-state index in [2.05, 4.69) is 312 Å². The highest BCUT2D eigenvalue weighted by Gasteiger charge is 2.47. The maximum absolute atomic E-state index is 7.11. The zero-order valence-corrected chi connectivity index (χ0v) is 76.9. The molecule has 2 nitrogen and oxygen atoms in total. The molecule has 0 radical (unpaired) electrons. The Hall–Kier alpha value is -10.8. The molecule has 636 valence electrons. The lowest BCUT2D eigenvalue weighted by Gasteiger charge is -2.33. The number of unbranched alkanes of at least 4 members (excludes halogenated alkanes) is 19. The Balaban J connectivity index is 0.574. The van der Waals surface area contributed by atoms with E-state index < -0.39 is 0 Å². The second-order valence-corrected chi connectivity index (χ2v) is 40.8. The van der Waals surface area contributed by atoms with Gasteiger partial charge in [0.05, 0.1) is 0 Å². The molecule has 0 spiro atoms. The highest BCUT2D eigenvalue weighted by atomic mass is 16.3. The summed E-state index contributed by atoms with van der Waals surface area (Å²) in [6.45, 7) is 24.2. The Bertz CT molecular complexity index is 6890. The van der Waals surface area contributed by atoms with Crippen LogP contribution in [0.4, 0.5) is 0 Å². The van der Waals surface area contributed by atoms with Gasteiger partial charge in [-0.25, -0.2) is 0 Å². The number of rotatable bonds is 31. The summed E-state index contributed by atoms with van der Waals surface area (Å²) in [5.41, 5.74) is 41.4. The number of fused-ring (bicyclic) bond motifs is 25. The molecule has 0 aliphatic heterocycles. The van der Waals surface area contributed by atoms with Gasteiger partial charge in [-0.1, -0.05) is 369 Å². The van der Waals surface area contributed by atoms with Gasteiger partial charge in [-0.05, 0) is 312 Å². The number of furan rings is 2. The molecule has 0 saturated heterocycles. The van der Waals surface area contributed by atoms with Crippen LogP contribution in [0.1, 0.15) is 304 Å². The average molecular weight is 1650 g/mol. The summed E-state index contributed by atoms with van der Waals surface area (Å²) >= 11 is 0. The minimum Gasteiger partial charge on any atom is -0.456 e. The van der Waals surface area contributed by atoms with Gasteiger partial charge < -0.3 is 8.83 Å². The third kappa shape index (κ3) is 13.9. The fourth-order valence-electron chi connectivity index (χ4n) is 25.1. The van der Waals surface area contributed by atoms with Crippen molar-refractivity contribution in [1.82, 2.24) is 0 Å². The maximum Gasteiger partial charge on any atom is 0.136 e. The van der Waals surface area contributed by atoms with Crippen molar-refractivity contribution in [1.29, 1.82) is 0 Å². The highest BCUT2D eigenvalue weighted by molar-refractivity contribution is 6.15.